The van der Waals surface area contributed by atoms with Crippen molar-refractivity contribution in [1.29, 1.82) is 0 Å². The molecule has 3 aliphatic carbocycles. The van der Waals surface area contributed by atoms with E-state index in [1.807, 2.05) is 12.2 Å². The molecule has 1 aliphatic heterocycles. The van der Waals surface area contributed by atoms with E-state index in [0.717, 1.165) is 56.2 Å². The number of carbonyl (C=O) groups excluding carboxylic acids is 4. The molecule has 14 nitrogen and oxygen atoms in total. The van der Waals surface area contributed by atoms with Crippen molar-refractivity contribution in [2.45, 2.75) is 140 Å². The highest BCUT2D eigenvalue weighted by molar-refractivity contribution is 7.91. The Bertz CT molecular complexity index is 1590. The third kappa shape index (κ3) is 9.52. The van der Waals surface area contributed by atoms with Gasteiger partial charge in [0, 0.05) is 17.9 Å². The summed E-state index contributed by atoms with van der Waals surface area (Å²) >= 11 is 0. The number of sulfonamides is 1. The number of likely N-dealkylation sites (tertiary alicyclic amines) is 1. The lowest BCUT2D eigenvalue weighted by Crippen LogP contribution is -2.53. The van der Waals surface area contributed by atoms with Crippen LogP contribution in [0.25, 0.3) is 0 Å². The Morgan fingerprint density at radius 2 is 1.84 bits per heavy atom. The molecule has 0 bridgehead atoms. The van der Waals surface area contributed by atoms with Crippen molar-refractivity contribution in [2.24, 2.45) is 17.6 Å². The first kappa shape index (κ1) is 37.5. The Kier molecular flexibility index (Phi) is 11.4. The predicted octanol–water partition coefficient (Wildman–Crippen LogP) is 3.22. The van der Waals surface area contributed by atoms with Crippen molar-refractivity contribution in [3.05, 3.63) is 29.7 Å². The number of nitrogens with zero attached hydrogens (tertiary/aromatic N) is 3. The first-order chi connectivity index (χ1) is 23.6. The van der Waals surface area contributed by atoms with Crippen molar-refractivity contribution in [1.82, 2.24) is 24.9 Å². The topological polar surface area (TPSA) is 200 Å². The van der Waals surface area contributed by atoms with Gasteiger partial charge in [0.2, 0.25) is 33.6 Å². The summed E-state index contributed by atoms with van der Waals surface area (Å²) in [4.78, 5) is 61.8. The summed E-state index contributed by atoms with van der Waals surface area (Å²) in [7, 11) is -3.63. The number of carbonyl (C=O) groups is 4. The number of amides is 4. The van der Waals surface area contributed by atoms with E-state index in [1.54, 1.807) is 27.7 Å². The number of ether oxygens (including phenoxy) is 2. The van der Waals surface area contributed by atoms with Crippen molar-refractivity contribution in [2.75, 3.05) is 6.54 Å². The molecule has 0 spiro atoms. The SMILES string of the molecule is CC(C)(C)OC(=O)N[C@@H](CCCCC/C=C\[C@@H]1C[C@@H]1C(=O)NS(=O)(=O)C1(C)CC1)C(=O)N1C[C@H](Oc2ncnc3c2CCCC3)C[C@H]1C(N)=O. The molecule has 1 saturated heterocycles. The van der Waals surface area contributed by atoms with E-state index in [0.29, 0.717) is 38.0 Å². The lowest BCUT2D eigenvalue weighted by atomic mass is 9.97. The molecule has 15 heteroatoms. The molecule has 1 aromatic heterocycles. The quantitative estimate of drug-likeness (QED) is 0.179. The minimum atomic E-state index is -3.63. The Morgan fingerprint density at radius 3 is 2.54 bits per heavy atom. The zero-order valence-corrected chi connectivity index (χ0v) is 30.4. The van der Waals surface area contributed by atoms with E-state index in [4.69, 9.17) is 15.2 Å². The van der Waals surface area contributed by atoms with E-state index < -0.39 is 62.4 Å². The number of aromatic nitrogens is 2. The second kappa shape index (κ2) is 15.2. The maximum atomic E-state index is 14.0. The Morgan fingerprint density at radius 1 is 1.10 bits per heavy atom. The molecular weight excluding hydrogens is 664 g/mol. The third-order valence-electron chi connectivity index (χ3n) is 9.99. The van der Waals surface area contributed by atoms with Gasteiger partial charge >= 0.3 is 6.09 Å². The molecule has 3 fully saturated rings. The highest BCUT2D eigenvalue weighted by Crippen LogP contribution is 2.44. The van der Waals surface area contributed by atoms with Crippen LogP contribution in [0.1, 0.15) is 110 Å². The van der Waals surface area contributed by atoms with Crippen LogP contribution in [0.3, 0.4) is 0 Å². The van der Waals surface area contributed by atoms with E-state index in [9.17, 15) is 27.6 Å². The fraction of sp³-hybridized carbons (Fsp3) is 0.714. The summed E-state index contributed by atoms with van der Waals surface area (Å²) in [5, 5.41) is 2.72. The van der Waals surface area contributed by atoms with Crippen LogP contribution in [0.15, 0.2) is 18.5 Å². The van der Waals surface area contributed by atoms with Crippen molar-refractivity contribution in [3.63, 3.8) is 0 Å². The minimum absolute atomic E-state index is 0.0310. The predicted molar refractivity (Wildman–Crippen MR) is 184 cm³/mol. The monoisotopic (exact) mass is 716 g/mol. The van der Waals surface area contributed by atoms with Gasteiger partial charge in [0.1, 0.15) is 30.1 Å². The van der Waals surface area contributed by atoms with Crippen molar-refractivity contribution in [3.8, 4) is 5.88 Å². The highest BCUT2D eigenvalue weighted by Gasteiger charge is 2.52. The largest absolute Gasteiger partial charge is 0.472 e. The summed E-state index contributed by atoms with van der Waals surface area (Å²) in [5.41, 5.74) is 6.92. The zero-order valence-electron chi connectivity index (χ0n) is 29.6. The standard InChI is InChI=1S/C35H52N6O8S/c1-34(2,3)49-33(45)39-27(15-9-7-5-6-8-12-22-18-25(22)30(43)40-50(46,47)35(4)16-17-35)32(44)41-20-23(19-28(41)29(36)42)48-31-24-13-10-11-14-26(24)37-21-38-31/h8,12,21-23,25,27-28H,5-7,9-11,13-20H2,1-4H3,(H2,36,42)(H,39,45)(H,40,43)/b12-8-/t22-,23-,25+,27+,28+/m1/s1. The van der Waals surface area contributed by atoms with Gasteiger partial charge in [0.15, 0.2) is 0 Å². The van der Waals surface area contributed by atoms with Crippen LogP contribution in [0, 0.1) is 11.8 Å². The van der Waals surface area contributed by atoms with Crippen LogP contribution < -0.4 is 20.5 Å². The molecule has 2 heterocycles. The highest BCUT2D eigenvalue weighted by atomic mass is 32.2. The van der Waals surface area contributed by atoms with Gasteiger partial charge in [0.05, 0.1) is 17.0 Å². The van der Waals surface area contributed by atoms with Crippen LogP contribution in [0.5, 0.6) is 5.88 Å². The molecule has 5 atom stereocenters. The van der Waals surface area contributed by atoms with Gasteiger partial charge in [-0.2, -0.15) is 0 Å². The average Bonchev–Trinajstić information content (AvgIpc) is 3.95. The number of rotatable bonds is 15. The van der Waals surface area contributed by atoms with Crippen LogP contribution in [-0.4, -0.2) is 82.2 Å². The number of alkyl carbamates (subject to hydrolysis) is 1. The molecule has 0 unspecified atom stereocenters. The fourth-order valence-corrected chi connectivity index (χ4v) is 7.92. The lowest BCUT2D eigenvalue weighted by Gasteiger charge is -2.28. The zero-order chi connectivity index (χ0) is 36.3. The van der Waals surface area contributed by atoms with E-state index in [1.165, 1.54) is 11.2 Å². The molecule has 2 saturated carbocycles. The van der Waals surface area contributed by atoms with Gasteiger partial charge in [-0.1, -0.05) is 25.0 Å². The van der Waals surface area contributed by atoms with Crippen molar-refractivity contribution < 1.29 is 37.1 Å². The van der Waals surface area contributed by atoms with Gasteiger partial charge in [0.25, 0.3) is 0 Å². The van der Waals surface area contributed by atoms with Crippen LogP contribution in [0.4, 0.5) is 4.79 Å². The van der Waals surface area contributed by atoms with Crippen LogP contribution in [-0.2, 0) is 42.0 Å². The number of unbranched alkanes of at least 4 members (excludes halogenated alkanes) is 3. The Hall–Kier alpha value is -3.75. The number of primary amides is 1. The summed E-state index contributed by atoms with van der Waals surface area (Å²) in [6.45, 7) is 6.98. The maximum absolute atomic E-state index is 14.0. The summed E-state index contributed by atoms with van der Waals surface area (Å²) in [6, 6.07) is -1.84. The van der Waals surface area contributed by atoms with Gasteiger partial charge in [-0.3, -0.25) is 19.1 Å². The number of nitrogens with two attached hydrogens (primary N) is 1. The number of hydrogen-bond donors (Lipinski definition) is 3. The fourth-order valence-electron chi connectivity index (χ4n) is 6.62. The first-order valence-corrected chi connectivity index (χ1v) is 19.4. The maximum Gasteiger partial charge on any atom is 0.408 e. The molecule has 0 radical (unpaired) electrons. The number of allylic oxidation sites excluding steroid dienone is 2. The molecule has 0 aromatic carbocycles. The second-order valence-electron chi connectivity index (χ2n) is 15.4. The van der Waals surface area contributed by atoms with Crippen LogP contribution in [0.2, 0.25) is 0 Å². The van der Waals surface area contributed by atoms with Gasteiger partial charge in [-0.15, -0.1) is 0 Å². The molecule has 4 N–H and O–H groups in total. The summed E-state index contributed by atoms with van der Waals surface area (Å²) < 4.78 is 37.8. The van der Waals surface area contributed by atoms with Gasteiger partial charge < -0.3 is 25.4 Å². The first-order valence-electron chi connectivity index (χ1n) is 17.9. The third-order valence-corrected chi connectivity index (χ3v) is 12.2. The molecule has 4 amide bonds. The summed E-state index contributed by atoms with van der Waals surface area (Å²) in [5.74, 6) is -1.31. The average molecular weight is 717 g/mol. The normalized spacial score (nSPS) is 24.6. The number of nitrogens with one attached hydrogen (secondary N) is 2. The van der Waals surface area contributed by atoms with Crippen molar-refractivity contribution >= 4 is 33.8 Å². The lowest BCUT2D eigenvalue weighted by molar-refractivity contribution is -0.139. The molecule has 1 aromatic rings. The number of aryl methyl sites for hydroxylation is 1. The second-order valence-corrected chi connectivity index (χ2v) is 17.6. The number of fused-ring (bicyclic) bond motifs is 1. The molecule has 276 valence electrons. The molecule has 50 heavy (non-hydrogen) atoms. The van der Waals surface area contributed by atoms with E-state index in [-0.39, 0.29) is 24.8 Å². The molecular formula is C35H52N6O8S. The minimum Gasteiger partial charge on any atom is -0.472 e. The Labute approximate surface area is 294 Å². The van der Waals surface area contributed by atoms with E-state index in [2.05, 4.69) is 20.0 Å². The van der Waals surface area contributed by atoms with Crippen LogP contribution >= 0.6 is 0 Å². The van der Waals surface area contributed by atoms with E-state index >= 15 is 0 Å². The number of hydrogen-bond acceptors (Lipinski definition) is 10. The van der Waals surface area contributed by atoms with Gasteiger partial charge in [-0.05, 0) is 97.8 Å². The molecule has 5 rings (SSSR count). The summed E-state index contributed by atoms with van der Waals surface area (Å²) in [6.07, 6.45) is 13.2. The van der Waals surface area contributed by atoms with Gasteiger partial charge in [-0.25, -0.2) is 23.2 Å². The molecule has 4 aliphatic rings. The smallest absolute Gasteiger partial charge is 0.408 e. The Balaban J connectivity index is 1.13.